The molecule has 0 amide bonds. The average Bonchev–Trinajstić information content (AvgIpc) is 0.877. The van der Waals surface area contributed by atoms with Crippen LogP contribution in [0.25, 0.3) is 0 Å². The molecule has 0 bridgehead atoms. The first-order valence-electron chi connectivity index (χ1n) is 43.5. The van der Waals surface area contributed by atoms with E-state index < -0.39 is 5.60 Å². The Bertz CT molecular complexity index is 4310. The second-order valence-corrected chi connectivity index (χ2v) is 29.9. The zero-order valence-electron chi connectivity index (χ0n) is 70.6. The van der Waals surface area contributed by atoms with Crippen LogP contribution in [-0.2, 0) is 0 Å². The van der Waals surface area contributed by atoms with Crippen molar-refractivity contribution in [2.45, 2.75) is 318 Å². The van der Waals surface area contributed by atoms with Crippen molar-refractivity contribution < 1.29 is 33.5 Å². The van der Waals surface area contributed by atoms with Gasteiger partial charge < -0.3 is 33.5 Å². The van der Waals surface area contributed by atoms with Gasteiger partial charge >= 0.3 is 0 Å². The van der Waals surface area contributed by atoms with E-state index in [1.54, 1.807) is 19.9 Å². The lowest BCUT2D eigenvalue weighted by atomic mass is 10.1. The maximum Gasteiger partial charge on any atom is 0.124 e. The molecule has 0 aliphatic heterocycles. The fourth-order valence-corrected chi connectivity index (χ4v) is 12.2. The summed E-state index contributed by atoms with van der Waals surface area (Å²) in [6, 6.07) is 22.2. The lowest BCUT2D eigenvalue weighted by molar-refractivity contribution is 0.143. The van der Waals surface area contributed by atoms with Gasteiger partial charge in [0.2, 0.25) is 0 Å². The minimum atomic E-state index is -1.22. The van der Waals surface area contributed by atoms with Gasteiger partial charge in [0, 0.05) is 85.6 Å². The number of terminal acetylenes is 1. The van der Waals surface area contributed by atoms with Crippen molar-refractivity contribution in [1.29, 1.82) is 0 Å². The van der Waals surface area contributed by atoms with Gasteiger partial charge in [-0.3, -0.25) is 0 Å². The Morgan fingerprint density at radius 2 is 0.421 bits per heavy atom. The van der Waals surface area contributed by atoms with Crippen LogP contribution in [-0.4, -0.2) is 80.3 Å². The smallest absolute Gasteiger partial charge is 0.124 e. The number of hydrogen-bond donors (Lipinski definition) is 1. The number of unbranched alkanes of at least 4 members (excludes halogenated alkanes) is 33. The minimum absolute atomic E-state index is 0.440. The van der Waals surface area contributed by atoms with Gasteiger partial charge in [-0.2, -0.15) is 0 Å². The second-order valence-electron chi connectivity index (χ2n) is 29.9. The number of pyridine rings is 6. The SMILES string of the molecule is C#CCCCCC#Cc1cc(OCCCCCCCC)cc(C#Cc2cc(OCCCCCCCC)cc(C#Cc3cc(OCCCCCCCC)cc(C#Cc4cc(OCCCCCCCC)cc(C#Cc5cc(OCCCCCCCC)cc(C#Cc6cc(OCCCCCCCC)cc(C#CC(C)(C)O)n6)n5)n4)n3)n2)n1. The summed E-state index contributed by atoms with van der Waals surface area (Å²) in [6.45, 7) is 20.0. The highest BCUT2D eigenvalue weighted by atomic mass is 16.5. The molecule has 0 fully saturated rings. The largest absolute Gasteiger partial charge is 0.493 e. The lowest BCUT2D eigenvalue weighted by Gasteiger charge is -2.08. The van der Waals surface area contributed by atoms with Crippen LogP contribution >= 0.6 is 0 Å². The van der Waals surface area contributed by atoms with Crippen LogP contribution in [0.4, 0.5) is 0 Å². The third-order valence-corrected chi connectivity index (χ3v) is 18.6. The van der Waals surface area contributed by atoms with Crippen LogP contribution in [0.1, 0.15) is 381 Å². The van der Waals surface area contributed by atoms with E-state index in [0.717, 1.165) is 122 Å². The summed E-state index contributed by atoms with van der Waals surface area (Å²) < 4.78 is 38.5. The first-order valence-corrected chi connectivity index (χ1v) is 43.5. The summed E-state index contributed by atoms with van der Waals surface area (Å²) in [4.78, 5) is 29.6. The van der Waals surface area contributed by atoms with Crippen molar-refractivity contribution in [2.75, 3.05) is 39.6 Å². The van der Waals surface area contributed by atoms with E-state index in [1.807, 2.05) is 66.7 Å². The van der Waals surface area contributed by atoms with Gasteiger partial charge in [0.25, 0.3) is 0 Å². The highest BCUT2D eigenvalue weighted by Gasteiger charge is 2.12. The molecule has 6 aromatic heterocycles. The van der Waals surface area contributed by atoms with Gasteiger partial charge in [-0.15, -0.1) is 12.3 Å². The third-order valence-electron chi connectivity index (χ3n) is 18.6. The molecular weight excluding hydrogens is 1410 g/mol. The quantitative estimate of drug-likeness (QED) is 0.0285. The average molecular weight is 1540 g/mol. The molecule has 0 radical (unpaired) electrons. The molecule has 0 atom stereocenters. The molecule has 13 heteroatoms. The molecule has 6 rings (SSSR count). The number of aliphatic hydroxyl groups is 1. The Morgan fingerprint density at radius 1 is 0.246 bits per heavy atom. The molecule has 0 aromatic carbocycles. The highest BCUT2D eigenvalue weighted by Crippen LogP contribution is 2.24. The van der Waals surface area contributed by atoms with E-state index in [1.165, 1.54) is 135 Å². The maximum absolute atomic E-state index is 10.5. The van der Waals surface area contributed by atoms with Gasteiger partial charge in [-0.25, -0.2) is 29.9 Å². The molecule has 114 heavy (non-hydrogen) atoms. The monoisotopic (exact) mass is 1540 g/mol. The lowest BCUT2D eigenvalue weighted by Crippen LogP contribution is -2.14. The van der Waals surface area contributed by atoms with Crippen molar-refractivity contribution in [3.05, 3.63) is 141 Å². The second kappa shape index (κ2) is 58.9. The Labute approximate surface area is 687 Å². The molecule has 6 aromatic rings. The standard InChI is InChI=1S/C101H130N6O7/c1-10-17-24-31-38-45-52-83-71-95(109-65-46-39-32-25-18-11-2)72-84(102-83)53-54-85-73-96(110-66-47-40-33-26-19-12-3)74-86(103-85)55-56-87-75-97(111-67-48-41-34-27-20-13-4)76-88(104-87)57-58-89-77-98(112-68-49-42-35-28-21-14-5)78-90(105-89)59-60-91-79-99(113-69-50-43-36-29-22-15-6)80-92(106-91)61-62-93-81-100(114-70-51-44-37-30-23-16-7)82-94(107-93)63-64-101(8,9)108/h1,71-82,108H,11-44,46-51,65-70H2,2-9H3. The fourth-order valence-electron chi connectivity index (χ4n) is 12.2. The summed E-state index contributed by atoms with van der Waals surface area (Å²) in [6.07, 6.45) is 49.8. The van der Waals surface area contributed by atoms with E-state index in [0.29, 0.717) is 142 Å². The van der Waals surface area contributed by atoms with Gasteiger partial charge in [0.1, 0.15) is 108 Å². The molecule has 606 valence electrons. The summed E-state index contributed by atoms with van der Waals surface area (Å²) in [5, 5.41) is 10.5. The van der Waals surface area contributed by atoms with Gasteiger partial charge in [-0.05, 0) is 136 Å². The first-order chi connectivity index (χ1) is 55.8. The van der Waals surface area contributed by atoms with Crippen LogP contribution in [0.15, 0.2) is 72.8 Å². The summed E-state index contributed by atoms with van der Waals surface area (Å²) >= 11 is 0. The van der Waals surface area contributed by atoms with Crippen LogP contribution in [0.3, 0.4) is 0 Å². The topological polar surface area (TPSA) is 153 Å². The van der Waals surface area contributed by atoms with E-state index in [4.69, 9.17) is 64.7 Å². The van der Waals surface area contributed by atoms with Crippen molar-refractivity contribution in [3.63, 3.8) is 0 Å². The van der Waals surface area contributed by atoms with Crippen molar-refractivity contribution >= 4 is 0 Å². The van der Waals surface area contributed by atoms with Gasteiger partial charge in [0.05, 0.1) is 39.6 Å². The summed E-state index contributed by atoms with van der Waals surface area (Å²) in [5.74, 6) is 51.9. The van der Waals surface area contributed by atoms with Crippen LogP contribution in [0.5, 0.6) is 34.5 Å². The molecule has 0 saturated carbocycles. The third kappa shape index (κ3) is 43.4. The molecular formula is C101H130N6O7. The van der Waals surface area contributed by atoms with E-state index in [-0.39, 0.29) is 0 Å². The minimum Gasteiger partial charge on any atom is -0.493 e. The van der Waals surface area contributed by atoms with E-state index in [9.17, 15) is 5.11 Å². The number of ether oxygens (including phenoxy) is 6. The Morgan fingerprint density at radius 3 is 0.614 bits per heavy atom. The zero-order valence-corrected chi connectivity index (χ0v) is 70.6. The molecule has 0 spiro atoms. The number of nitrogens with zero attached hydrogens (tertiary/aromatic N) is 6. The number of hydrogen-bond acceptors (Lipinski definition) is 13. The molecule has 1 N–H and O–H groups in total. The fraction of sp³-hybridized carbons (Fsp3) is 0.545. The zero-order chi connectivity index (χ0) is 81.0. The van der Waals surface area contributed by atoms with Gasteiger partial charge in [0.15, 0.2) is 0 Å². The van der Waals surface area contributed by atoms with Crippen molar-refractivity contribution in [1.82, 2.24) is 29.9 Å². The molecule has 0 aliphatic rings. The molecule has 6 heterocycles. The summed E-state index contributed by atoms with van der Waals surface area (Å²) in [5.41, 5.74) is 4.39. The first kappa shape index (κ1) is 93.0. The normalized spacial score (nSPS) is 10.6. The molecule has 13 nitrogen and oxygen atoms in total. The van der Waals surface area contributed by atoms with Gasteiger partial charge in [-0.1, -0.05) is 246 Å². The molecule has 0 aliphatic carbocycles. The molecule has 0 unspecified atom stereocenters. The van der Waals surface area contributed by atoms with Crippen molar-refractivity contribution in [3.8, 4) is 130 Å². The highest BCUT2D eigenvalue weighted by molar-refractivity contribution is 5.52. The van der Waals surface area contributed by atoms with E-state index >= 15 is 0 Å². The van der Waals surface area contributed by atoms with Crippen LogP contribution < -0.4 is 28.4 Å². The Hall–Kier alpha value is -9.86. The molecule has 0 saturated heterocycles. The number of aromatic nitrogens is 6. The van der Waals surface area contributed by atoms with Crippen LogP contribution in [0, 0.1) is 95.2 Å². The predicted molar refractivity (Wildman–Crippen MR) is 466 cm³/mol. The predicted octanol–water partition coefficient (Wildman–Crippen LogP) is 23.2. The Balaban J connectivity index is 1.40. The van der Waals surface area contributed by atoms with Crippen molar-refractivity contribution in [2.24, 2.45) is 0 Å². The summed E-state index contributed by atoms with van der Waals surface area (Å²) in [7, 11) is 0. The maximum atomic E-state index is 10.5. The van der Waals surface area contributed by atoms with Crippen LogP contribution in [0.2, 0.25) is 0 Å². The number of rotatable bonds is 51. The van der Waals surface area contributed by atoms with E-state index in [2.05, 4.69) is 130 Å². The Kier molecular flexibility index (Phi) is 48.1.